The van der Waals surface area contributed by atoms with E-state index in [1.807, 2.05) is 6.07 Å². The maximum Gasteiger partial charge on any atom is 0.252 e. The molecule has 8 aromatic rings. The molecule has 1 fully saturated rings. The van der Waals surface area contributed by atoms with Crippen LogP contribution >= 0.6 is 22.6 Å². The molecule has 1 aliphatic rings. The summed E-state index contributed by atoms with van der Waals surface area (Å²) in [5.74, 6) is 4.21. The van der Waals surface area contributed by atoms with E-state index in [1.165, 1.54) is 33.2 Å². The number of hydrogen-bond donors (Lipinski definition) is 10. The maximum absolute atomic E-state index is 14.6. The van der Waals surface area contributed by atoms with Crippen molar-refractivity contribution in [2.45, 2.75) is 37.8 Å². The number of halogens is 2. The van der Waals surface area contributed by atoms with Gasteiger partial charge in [-0.3, -0.25) is 29.7 Å². The second-order valence-corrected chi connectivity index (χ2v) is 15.0. The number of aromatic amines is 1. The Morgan fingerprint density at radius 3 is 1.84 bits per heavy atom. The monoisotopic (exact) mass is 1030 g/mol. The minimum atomic E-state index is -0.803. The number of nitrogen functional groups attached to an aromatic ring is 3. The van der Waals surface area contributed by atoms with Crippen LogP contribution in [0.5, 0.6) is 0 Å². The quantitative estimate of drug-likeness (QED) is 0.0564. The maximum atomic E-state index is 14.6. The Morgan fingerprint density at radius 2 is 1.31 bits per heavy atom. The highest BCUT2D eigenvalue weighted by Gasteiger charge is 2.24. The van der Waals surface area contributed by atoms with Crippen LogP contribution in [0.2, 0.25) is 0 Å². The minimum absolute atomic E-state index is 0.0164. The van der Waals surface area contributed by atoms with Gasteiger partial charge in [0.25, 0.3) is 5.91 Å². The Balaban J connectivity index is 0.000000185. The number of H-pyrrole nitrogens is 1. The average Bonchev–Trinajstić information content (AvgIpc) is 4.16. The van der Waals surface area contributed by atoms with Crippen LogP contribution in [0.3, 0.4) is 0 Å². The molecule has 0 unspecified atom stereocenters. The molecular formula is C40H48FIN24O. The molecule has 0 aromatic carbocycles. The number of nitrogens with one attached hydrogen (secondary N) is 3. The second-order valence-electron chi connectivity index (χ2n) is 13.8. The van der Waals surface area contributed by atoms with Gasteiger partial charge in [0.2, 0.25) is 0 Å². The summed E-state index contributed by atoms with van der Waals surface area (Å²) < 4.78 is 15.7. The molecule has 0 bridgehead atoms. The fourth-order valence-electron chi connectivity index (χ4n) is 5.74. The molecule has 0 aliphatic heterocycles. The Bertz CT molecular complexity index is 2690. The molecule has 1 aliphatic carbocycles. The molecule has 0 saturated heterocycles. The standard InChI is InChI=1S/C19H22FN9O.C7H7N5.C7H11N5.C5H5IN2.C2H3N3/c20-14-8-13(17(22)30)18(28-19(14)27-16-4-2-1-3-15(16)21)26-11-7-12(10-23-9-11)29-24-5-6-25-29;8-6-3-7(5-9-4-6)12-10-1-2-11-12;8-1-2-12(10)7-3-6(9)4-11-5-7;6-4-1-5(7)3-8-2-4;1-2-4-5-3-1/h5-10,15-16H,1-4,21H2,(H2,22,30)(H2,26,27,28);1-5H,8H2;1-5H,8-10H2;1-3H,7H2;1-2H,(H,3,4,5)/b;;2-1-;;/t15-,16+;;;;/m0..../s1. The zero-order chi connectivity index (χ0) is 48.0. The van der Waals surface area contributed by atoms with E-state index in [2.05, 4.69) is 93.9 Å². The van der Waals surface area contributed by atoms with Gasteiger partial charge in [-0.15, -0.1) is 9.59 Å². The smallest absolute Gasteiger partial charge is 0.252 e. The summed E-state index contributed by atoms with van der Waals surface area (Å²) in [5.41, 5.74) is 37.5. The van der Waals surface area contributed by atoms with Crippen LogP contribution in [0.25, 0.3) is 11.4 Å². The number of pyridine rings is 5. The number of anilines is 7. The van der Waals surface area contributed by atoms with Crippen molar-refractivity contribution < 1.29 is 9.18 Å². The van der Waals surface area contributed by atoms with E-state index in [1.54, 1.807) is 98.8 Å². The lowest BCUT2D eigenvalue weighted by Gasteiger charge is -2.30. The van der Waals surface area contributed by atoms with Gasteiger partial charge in [-0.05, 0) is 65.8 Å². The summed E-state index contributed by atoms with van der Waals surface area (Å²) in [6.07, 6.45) is 28.9. The first-order chi connectivity index (χ1) is 32.4. The highest BCUT2D eigenvalue weighted by molar-refractivity contribution is 14.1. The second kappa shape index (κ2) is 25.8. The first kappa shape index (κ1) is 49.6. The fraction of sp³-hybridized carbons (Fsp3) is 0.150. The number of carbonyl (C=O) groups excluding carboxylic acids is 1. The van der Waals surface area contributed by atoms with Crippen molar-refractivity contribution in [2.24, 2.45) is 23.0 Å². The molecule has 9 rings (SSSR count). The van der Waals surface area contributed by atoms with Gasteiger partial charge in [0.05, 0.1) is 96.0 Å². The lowest BCUT2D eigenvalue weighted by atomic mass is 9.91. The van der Waals surface area contributed by atoms with E-state index in [9.17, 15) is 9.18 Å². The van der Waals surface area contributed by atoms with Crippen molar-refractivity contribution in [3.63, 3.8) is 0 Å². The molecule has 8 aromatic heterocycles. The largest absolute Gasteiger partial charge is 0.403 e. The summed E-state index contributed by atoms with van der Waals surface area (Å²) >= 11 is 2.16. The first-order valence-corrected chi connectivity index (χ1v) is 20.9. The van der Waals surface area contributed by atoms with E-state index in [-0.39, 0.29) is 29.3 Å². The van der Waals surface area contributed by atoms with Crippen LogP contribution in [0.1, 0.15) is 36.0 Å². The van der Waals surface area contributed by atoms with Crippen molar-refractivity contribution in [3.8, 4) is 11.4 Å². The van der Waals surface area contributed by atoms with Crippen LogP contribution in [-0.2, 0) is 0 Å². The van der Waals surface area contributed by atoms with Crippen molar-refractivity contribution in [3.05, 3.63) is 144 Å². The summed E-state index contributed by atoms with van der Waals surface area (Å²) in [7, 11) is 0. The summed E-state index contributed by atoms with van der Waals surface area (Å²) in [6, 6.07) is 7.93. The third-order valence-corrected chi connectivity index (χ3v) is 9.35. The molecule has 67 heavy (non-hydrogen) atoms. The van der Waals surface area contributed by atoms with Gasteiger partial charge in [0, 0.05) is 52.8 Å². The third kappa shape index (κ3) is 16.3. The zero-order valence-electron chi connectivity index (χ0n) is 35.6. The van der Waals surface area contributed by atoms with Gasteiger partial charge in [-0.1, -0.05) is 12.8 Å². The van der Waals surface area contributed by atoms with Crippen molar-refractivity contribution >= 4 is 68.6 Å². The summed E-state index contributed by atoms with van der Waals surface area (Å²) in [6.45, 7) is 0. The van der Waals surface area contributed by atoms with Crippen LogP contribution < -0.4 is 55.9 Å². The Hall–Kier alpha value is -8.44. The third-order valence-electron chi connectivity index (χ3n) is 8.76. The van der Waals surface area contributed by atoms with Crippen molar-refractivity contribution in [1.82, 2.24) is 70.3 Å². The predicted octanol–water partition coefficient (Wildman–Crippen LogP) is 2.81. The normalized spacial score (nSPS) is 13.7. The zero-order valence-corrected chi connectivity index (χ0v) is 37.7. The number of nitrogens with two attached hydrogens (primary N) is 7. The molecule has 8 heterocycles. The molecule has 0 radical (unpaired) electrons. The summed E-state index contributed by atoms with van der Waals surface area (Å²) in [5, 5.41) is 32.7. The number of nitrogens with zero attached hydrogens (tertiary/aromatic N) is 14. The number of rotatable bonds is 9. The minimum Gasteiger partial charge on any atom is -0.403 e. The molecule has 1 saturated carbocycles. The highest BCUT2D eigenvalue weighted by atomic mass is 127. The van der Waals surface area contributed by atoms with Crippen LogP contribution in [0.4, 0.5) is 44.5 Å². The van der Waals surface area contributed by atoms with Gasteiger partial charge >= 0.3 is 0 Å². The Morgan fingerprint density at radius 1 is 0.746 bits per heavy atom. The molecule has 25 nitrogen and oxygen atoms in total. The number of carbonyl (C=O) groups is 1. The number of hydrogen-bond acceptors (Lipinski definition) is 21. The van der Waals surface area contributed by atoms with Gasteiger partial charge in [0.1, 0.15) is 17.2 Å². The molecule has 2 atom stereocenters. The van der Waals surface area contributed by atoms with Gasteiger partial charge in [-0.25, -0.2) is 15.2 Å². The number of amides is 1. The van der Waals surface area contributed by atoms with E-state index in [0.717, 1.165) is 46.7 Å². The highest BCUT2D eigenvalue weighted by Crippen LogP contribution is 2.27. The molecule has 1 amide bonds. The lowest BCUT2D eigenvalue weighted by molar-refractivity contribution is 0.100. The van der Waals surface area contributed by atoms with Gasteiger partial charge < -0.3 is 45.0 Å². The number of aromatic nitrogens is 14. The fourth-order valence-corrected chi connectivity index (χ4v) is 6.26. The van der Waals surface area contributed by atoms with E-state index in [0.29, 0.717) is 28.4 Å². The van der Waals surface area contributed by atoms with E-state index in [4.69, 9.17) is 40.2 Å². The van der Waals surface area contributed by atoms with Crippen LogP contribution in [-0.4, -0.2) is 88.3 Å². The van der Waals surface area contributed by atoms with Crippen LogP contribution in [0.15, 0.2) is 129 Å². The molecule has 0 spiro atoms. The first-order valence-electron chi connectivity index (χ1n) is 19.9. The average molecular weight is 1030 g/mol. The molecule has 348 valence electrons. The van der Waals surface area contributed by atoms with Crippen molar-refractivity contribution in [1.29, 1.82) is 0 Å². The van der Waals surface area contributed by atoms with Crippen molar-refractivity contribution in [2.75, 3.05) is 32.8 Å². The predicted molar refractivity (Wildman–Crippen MR) is 259 cm³/mol. The summed E-state index contributed by atoms with van der Waals surface area (Å²) in [4.78, 5) is 34.8. The molecular weight excluding hydrogens is 979 g/mol. The Kier molecular flexibility index (Phi) is 19.1. The number of primary amides is 1. The SMILES string of the molecule is N/C=C\N(N)c1cncc(N)c1.NC(=O)c1cc(F)c(N[C@@H]2CCCC[C@@H]2N)nc1Nc1cncc(-n2nccn2)c1.Nc1cncc(-n2nccn2)c1.Nc1cncc(I)c1.c1cn[nH]n1. The lowest BCUT2D eigenvalue weighted by Crippen LogP contribution is -2.43. The van der Waals surface area contributed by atoms with Crippen LogP contribution in [0, 0.1) is 9.39 Å². The van der Waals surface area contributed by atoms with E-state index >= 15 is 0 Å². The number of hydrazine groups is 1. The topological polar surface area (TPSA) is 394 Å². The van der Waals surface area contributed by atoms with E-state index < -0.39 is 11.7 Å². The molecule has 27 heteroatoms. The van der Waals surface area contributed by atoms with Gasteiger partial charge in [0.15, 0.2) is 11.6 Å². The molecule has 17 N–H and O–H groups in total. The Labute approximate surface area is 396 Å². The van der Waals surface area contributed by atoms with Gasteiger partial charge in [-0.2, -0.15) is 35.8 Å².